The number of pyridine rings is 1. The summed E-state index contributed by atoms with van der Waals surface area (Å²) < 4.78 is 43.4. The molecular formula is C22H17F3N6O4. The first-order valence-corrected chi connectivity index (χ1v) is 10.0. The van der Waals surface area contributed by atoms with Crippen LogP contribution in [-0.4, -0.2) is 29.8 Å². The molecular weight excluding hydrogens is 469 g/mol. The van der Waals surface area contributed by atoms with Gasteiger partial charge in [0.05, 0.1) is 28.5 Å². The molecule has 0 aliphatic heterocycles. The highest BCUT2D eigenvalue weighted by Crippen LogP contribution is 2.33. The predicted molar refractivity (Wildman–Crippen MR) is 120 cm³/mol. The van der Waals surface area contributed by atoms with Crippen LogP contribution in [0.15, 0.2) is 57.0 Å². The Kier molecular flexibility index (Phi) is 5.63. The number of halogens is 3. The SMILES string of the molecule is Cc1cc(=O)c(C(=O)Nc2cnc3c(c2)c(=O)n(C)c(=O)n3C)nn1-c1ccccc1C(F)(F)F. The van der Waals surface area contributed by atoms with Gasteiger partial charge in [-0.1, -0.05) is 12.1 Å². The monoisotopic (exact) mass is 486 g/mol. The normalized spacial score (nSPS) is 11.6. The number of anilines is 1. The number of hydrogen-bond acceptors (Lipinski definition) is 6. The summed E-state index contributed by atoms with van der Waals surface area (Å²) in [5.74, 6) is -1.02. The number of aromatic nitrogens is 5. The Morgan fingerprint density at radius 2 is 1.71 bits per heavy atom. The van der Waals surface area contributed by atoms with Crippen molar-refractivity contribution < 1.29 is 18.0 Å². The van der Waals surface area contributed by atoms with Gasteiger partial charge in [-0.15, -0.1) is 0 Å². The molecule has 1 amide bonds. The number of amides is 1. The summed E-state index contributed by atoms with van der Waals surface area (Å²) in [6.07, 6.45) is -3.52. The lowest BCUT2D eigenvalue weighted by atomic mass is 10.1. The Hall–Kier alpha value is -4.55. The van der Waals surface area contributed by atoms with E-state index in [9.17, 15) is 32.3 Å². The van der Waals surface area contributed by atoms with Gasteiger partial charge in [0, 0.05) is 25.9 Å². The summed E-state index contributed by atoms with van der Waals surface area (Å²) >= 11 is 0. The lowest BCUT2D eigenvalue weighted by Crippen LogP contribution is -2.37. The second-order valence-corrected chi connectivity index (χ2v) is 7.68. The van der Waals surface area contributed by atoms with Gasteiger partial charge < -0.3 is 5.32 Å². The summed E-state index contributed by atoms with van der Waals surface area (Å²) in [5.41, 5.74) is -3.89. The van der Waals surface area contributed by atoms with Gasteiger partial charge in [-0.2, -0.15) is 18.3 Å². The van der Waals surface area contributed by atoms with Gasteiger partial charge in [-0.05, 0) is 25.1 Å². The summed E-state index contributed by atoms with van der Waals surface area (Å²) in [6, 6.07) is 6.89. The van der Waals surface area contributed by atoms with Crippen LogP contribution in [0.2, 0.25) is 0 Å². The maximum absolute atomic E-state index is 13.5. The maximum atomic E-state index is 13.5. The smallest absolute Gasteiger partial charge is 0.319 e. The van der Waals surface area contributed by atoms with Crippen molar-refractivity contribution >= 4 is 22.6 Å². The van der Waals surface area contributed by atoms with Crippen LogP contribution in [-0.2, 0) is 20.3 Å². The van der Waals surface area contributed by atoms with Gasteiger partial charge in [0.25, 0.3) is 11.5 Å². The van der Waals surface area contributed by atoms with Crippen LogP contribution in [0.25, 0.3) is 16.7 Å². The first-order chi connectivity index (χ1) is 16.4. The molecule has 1 aromatic carbocycles. The van der Waals surface area contributed by atoms with E-state index >= 15 is 0 Å². The average Bonchev–Trinajstić information content (AvgIpc) is 2.80. The number of nitrogens with zero attached hydrogens (tertiary/aromatic N) is 5. The molecule has 180 valence electrons. The van der Waals surface area contributed by atoms with E-state index in [0.29, 0.717) is 0 Å². The van der Waals surface area contributed by atoms with Gasteiger partial charge in [0.1, 0.15) is 5.65 Å². The number of hydrogen-bond donors (Lipinski definition) is 1. The van der Waals surface area contributed by atoms with Crippen LogP contribution in [0.4, 0.5) is 18.9 Å². The van der Waals surface area contributed by atoms with Crippen molar-refractivity contribution in [3.63, 3.8) is 0 Å². The average molecular weight is 486 g/mol. The molecule has 13 heteroatoms. The first kappa shape index (κ1) is 23.6. The van der Waals surface area contributed by atoms with Crippen molar-refractivity contribution in [3.05, 3.63) is 90.6 Å². The Bertz CT molecular complexity index is 1680. The molecule has 4 aromatic rings. The highest BCUT2D eigenvalue weighted by molar-refractivity contribution is 6.03. The maximum Gasteiger partial charge on any atom is 0.418 e. The molecule has 10 nitrogen and oxygen atoms in total. The zero-order valence-electron chi connectivity index (χ0n) is 18.5. The van der Waals surface area contributed by atoms with Crippen LogP contribution in [0, 0.1) is 6.92 Å². The molecule has 0 unspecified atom stereocenters. The van der Waals surface area contributed by atoms with Crippen LogP contribution < -0.4 is 22.0 Å². The highest BCUT2D eigenvalue weighted by Gasteiger charge is 2.34. The number of aryl methyl sites for hydroxylation is 2. The molecule has 0 fully saturated rings. The third-order valence-electron chi connectivity index (χ3n) is 5.31. The van der Waals surface area contributed by atoms with E-state index in [2.05, 4.69) is 15.4 Å². The van der Waals surface area contributed by atoms with E-state index in [1.807, 2.05) is 0 Å². The number of carbonyl (C=O) groups is 1. The number of benzene rings is 1. The fourth-order valence-electron chi connectivity index (χ4n) is 3.57. The molecule has 0 spiro atoms. The van der Waals surface area contributed by atoms with Gasteiger partial charge in [-0.3, -0.25) is 23.5 Å². The molecule has 0 radical (unpaired) electrons. The van der Waals surface area contributed by atoms with Crippen LogP contribution in [0.3, 0.4) is 0 Å². The highest BCUT2D eigenvalue weighted by atomic mass is 19.4. The second kappa shape index (κ2) is 8.34. The molecule has 0 saturated carbocycles. The lowest BCUT2D eigenvalue weighted by Gasteiger charge is -2.16. The van der Waals surface area contributed by atoms with Crippen LogP contribution >= 0.6 is 0 Å². The van der Waals surface area contributed by atoms with Gasteiger partial charge in [-0.25, -0.2) is 14.5 Å². The molecule has 0 bridgehead atoms. The van der Waals surface area contributed by atoms with E-state index in [1.165, 1.54) is 51.5 Å². The molecule has 0 saturated heterocycles. The Morgan fingerprint density at radius 1 is 1.03 bits per heavy atom. The second-order valence-electron chi connectivity index (χ2n) is 7.68. The predicted octanol–water partition coefficient (Wildman–Crippen LogP) is 1.76. The fourth-order valence-corrected chi connectivity index (χ4v) is 3.57. The Morgan fingerprint density at radius 3 is 2.40 bits per heavy atom. The van der Waals surface area contributed by atoms with E-state index in [1.54, 1.807) is 0 Å². The van der Waals surface area contributed by atoms with Gasteiger partial charge >= 0.3 is 11.9 Å². The number of rotatable bonds is 3. The van der Waals surface area contributed by atoms with Crippen molar-refractivity contribution in [2.45, 2.75) is 13.1 Å². The third kappa shape index (κ3) is 4.11. The molecule has 0 aliphatic rings. The molecule has 1 N–H and O–H groups in total. The first-order valence-electron chi connectivity index (χ1n) is 10.0. The summed E-state index contributed by atoms with van der Waals surface area (Å²) in [4.78, 5) is 53.9. The van der Waals surface area contributed by atoms with Gasteiger partial charge in [0.15, 0.2) is 5.69 Å². The zero-order chi connectivity index (χ0) is 25.7. The molecule has 3 aromatic heterocycles. The fraction of sp³-hybridized carbons (Fsp3) is 0.182. The third-order valence-corrected chi connectivity index (χ3v) is 5.31. The summed E-state index contributed by atoms with van der Waals surface area (Å²) in [7, 11) is 2.71. The Balaban J connectivity index is 1.78. The van der Waals surface area contributed by atoms with E-state index in [0.717, 1.165) is 25.9 Å². The van der Waals surface area contributed by atoms with Crippen molar-refractivity contribution in [2.24, 2.45) is 14.1 Å². The molecule has 35 heavy (non-hydrogen) atoms. The van der Waals surface area contributed by atoms with Crippen molar-refractivity contribution in [3.8, 4) is 5.69 Å². The minimum Gasteiger partial charge on any atom is -0.319 e. The van der Waals surface area contributed by atoms with Crippen molar-refractivity contribution in [2.75, 3.05) is 5.32 Å². The molecule has 3 heterocycles. The zero-order valence-corrected chi connectivity index (χ0v) is 18.5. The van der Waals surface area contributed by atoms with Gasteiger partial charge in [0.2, 0.25) is 5.43 Å². The van der Waals surface area contributed by atoms with Crippen molar-refractivity contribution in [1.29, 1.82) is 0 Å². The Labute approximate surface area is 193 Å². The largest absolute Gasteiger partial charge is 0.418 e. The number of para-hydroxylation sites is 1. The van der Waals surface area contributed by atoms with Crippen molar-refractivity contribution in [1.82, 2.24) is 23.9 Å². The number of fused-ring (bicyclic) bond motifs is 1. The number of nitrogens with one attached hydrogen (secondary N) is 1. The van der Waals surface area contributed by atoms with E-state index in [-0.39, 0.29) is 28.1 Å². The standard InChI is InChI=1S/C22H17F3N6O4/c1-11-8-16(32)17(28-31(11)15-7-5-4-6-14(15)22(23,24)25)19(33)27-12-9-13-18(26-10-12)29(2)21(35)30(3)20(13)34/h4-10H,1-3H3,(H,27,33). The quantitative estimate of drug-likeness (QED) is 0.471. The number of alkyl halides is 3. The minimum atomic E-state index is -4.70. The van der Waals surface area contributed by atoms with Crippen LogP contribution in [0.1, 0.15) is 21.7 Å². The molecule has 0 aliphatic carbocycles. The lowest BCUT2D eigenvalue weighted by molar-refractivity contribution is -0.137. The van der Waals surface area contributed by atoms with E-state index < -0.39 is 40.0 Å². The number of carbonyl (C=O) groups excluding carboxylic acids is 1. The summed E-state index contributed by atoms with van der Waals surface area (Å²) in [5, 5.41) is 6.30. The van der Waals surface area contributed by atoms with E-state index in [4.69, 9.17) is 0 Å². The minimum absolute atomic E-state index is 0.0160. The summed E-state index contributed by atoms with van der Waals surface area (Å²) in [6.45, 7) is 1.39. The molecule has 4 rings (SSSR count). The van der Waals surface area contributed by atoms with Crippen LogP contribution in [0.5, 0.6) is 0 Å². The topological polar surface area (TPSA) is 121 Å². The molecule has 0 atom stereocenters.